The molecular weight excluding hydrogens is 312 g/mol. The van der Waals surface area contributed by atoms with Crippen LogP contribution in [0.2, 0.25) is 0 Å². The Morgan fingerprint density at radius 1 is 0.960 bits per heavy atom. The van der Waals surface area contributed by atoms with Gasteiger partial charge in [0.05, 0.1) is 18.4 Å². The van der Waals surface area contributed by atoms with Gasteiger partial charge >= 0.3 is 0 Å². The predicted octanol–water partition coefficient (Wildman–Crippen LogP) is 3.38. The van der Waals surface area contributed by atoms with Crippen molar-refractivity contribution in [2.45, 2.75) is 25.3 Å². The molecule has 2 amide bonds. The van der Waals surface area contributed by atoms with Gasteiger partial charge in [-0.1, -0.05) is 48.5 Å². The van der Waals surface area contributed by atoms with Crippen molar-refractivity contribution in [3.05, 3.63) is 71.4 Å². The lowest BCUT2D eigenvalue weighted by Crippen LogP contribution is -2.30. The van der Waals surface area contributed by atoms with Crippen molar-refractivity contribution in [2.75, 3.05) is 0 Å². The minimum atomic E-state index is -0.337. The van der Waals surface area contributed by atoms with Crippen LogP contribution in [-0.2, 0) is 22.6 Å². The number of para-hydroxylation sites is 1. The number of nitrogens with one attached hydrogen (secondary N) is 1. The molecule has 1 N–H and O–H groups in total. The van der Waals surface area contributed by atoms with Gasteiger partial charge in [-0.25, -0.2) is 0 Å². The molecule has 4 heteroatoms. The lowest BCUT2D eigenvalue weighted by atomic mass is 9.78. The molecule has 1 saturated heterocycles. The quantitative estimate of drug-likeness (QED) is 0.732. The molecule has 0 radical (unpaired) electrons. The van der Waals surface area contributed by atoms with Crippen LogP contribution in [-0.4, -0.2) is 21.7 Å². The molecule has 1 aliphatic carbocycles. The predicted molar refractivity (Wildman–Crippen MR) is 94.8 cm³/mol. The molecule has 3 aromatic rings. The summed E-state index contributed by atoms with van der Waals surface area (Å²) in [6.07, 6.45) is 1.56. The number of benzene rings is 2. The van der Waals surface area contributed by atoms with E-state index in [1.165, 1.54) is 4.90 Å². The Balaban J connectivity index is 1.58. The van der Waals surface area contributed by atoms with Crippen LogP contribution in [0.15, 0.2) is 54.6 Å². The van der Waals surface area contributed by atoms with E-state index in [0.717, 1.165) is 40.6 Å². The number of H-pyrrole nitrogens is 1. The third-order valence-corrected chi connectivity index (χ3v) is 5.55. The van der Waals surface area contributed by atoms with Crippen LogP contribution in [0.25, 0.3) is 10.9 Å². The molecule has 1 aromatic heterocycles. The van der Waals surface area contributed by atoms with Gasteiger partial charge < -0.3 is 4.98 Å². The van der Waals surface area contributed by atoms with Crippen LogP contribution < -0.4 is 0 Å². The molecule has 0 unspecified atom stereocenters. The number of aromatic amines is 1. The fraction of sp³-hybridized carbons (Fsp3) is 0.238. The van der Waals surface area contributed by atoms with E-state index in [9.17, 15) is 9.59 Å². The molecule has 5 rings (SSSR count). The minimum Gasteiger partial charge on any atom is -0.358 e. The Morgan fingerprint density at radius 3 is 2.56 bits per heavy atom. The summed E-state index contributed by atoms with van der Waals surface area (Å²) >= 11 is 0. The van der Waals surface area contributed by atoms with E-state index in [-0.39, 0.29) is 23.7 Å². The molecule has 1 fully saturated rings. The number of likely N-dealkylation sites (tertiary alicyclic amines) is 1. The number of rotatable bonds is 2. The molecule has 2 aliphatic rings. The number of aryl methyl sites for hydroxylation is 1. The van der Waals surface area contributed by atoms with Crippen LogP contribution in [0.3, 0.4) is 0 Å². The summed E-state index contributed by atoms with van der Waals surface area (Å²) in [6, 6.07) is 17.8. The topological polar surface area (TPSA) is 53.2 Å². The van der Waals surface area contributed by atoms with Crippen LogP contribution >= 0.6 is 0 Å². The maximum atomic E-state index is 13.2. The Labute approximate surface area is 145 Å². The highest BCUT2D eigenvalue weighted by Gasteiger charge is 2.51. The molecule has 1 aliphatic heterocycles. The Bertz CT molecular complexity index is 990. The zero-order valence-corrected chi connectivity index (χ0v) is 13.7. The molecule has 0 saturated carbocycles. The number of hydrogen-bond acceptors (Lipinski definition) is 2. The van der Waals surface area contributed by atoms with Gasteiger partial charge in [-0.3, -0.25) is 14.5 Å². The van der Waals surface area contributed by atoms with Crippen LogP contribution in [0.4, 0.5) is 0 Å². The van der Waals surface area contributed by atoms with Crippen molar-refractivity contribution in [2.24, 2.45) is 5.92 Å². The first-order valence-corrected chi connectivity index (χ1v) is 8.72. The summed E-state index contributed by atoms with van der Waals surface area (Å²) in [5, 5.41) is 1.08. The van der Waals surface area contributed by atoms with Crippen molar-refractivity contribution < 1.29 is 9.59 Å². The normalized spacial score (nSPS) is 22.3. The average molecular weight is 330 g/mol. The largest absolute Gasteiger partial charge is 0.358 e. The van der Waals surface area contributed by atoms with Crippen LogP contribution in [0, 0.1) is 5.92 Å². The van der Waals surface area contributed by atoms with Gasteiger partial charge in [0.1, 0.15) is 0 Å². The van der Waals surface area contributed by atoms with Crippen molar-refractivity contribution in [1.29, 1.82) is 0 Å². The molecule has 2 atom stereocenters. The second-order valence-electron chi connectivity index (χ2n) is 6.93. The molecular formula is C21H18N2O2. The third kappa shape index (κ3) is 2.07. The van der Waals surface area contributed by atoms with Gasteiger partial charge in [0.15, 0.2) is 0 Å². The second kappa shape index (κ2) is 5.31. The molecule has 0 spiro atoms. The molecule has 0 bridgehead atoms. The lowest BCUT2D eigenvalue weighted by molar-refractivity contribution is -0.140. The van der Waals surface area contributed by atoms with E-state index in [1.54, 1.807) is 0 Å². The number of imide groups is 1. The van der Waals surface area contributed by atoms with Crippen molar-refractivity contribution in [1.82, 2.24) is 9.88 Å². The van der Waals surface area contributed by atoms with Gasteiger partial charge in [-0.15, -0.1) is 0 Å². The van der Waals surface area contributed by atoms with E-state index in [1.807, 2.05) is 54.6 Å². The highest BCUT2D eigenvalue weighted by molar-refractivity contribution is 6.10. The maximum Gasteiger partial charge on any atom is 0.237 e. The third-order valence-electron chi connectivity index (χ3n) is 5.55. The summed E-state index contributed by atoms with van der Waals surface area (Å²) in [5.74, 6) is -0.627. The summed E-state index contributed by atoms with van der Waals surface area (Å²) in [4.78, 5) is 31.0. The standard InChI is InChI=1S/C21H18N2O2/c24-20-15-10-11-17-18(14-8-4-5-9-16(14)22-17)19(15)21(25)23(20)12-13-6-2-1-3-7-13/h1-9,15,19,22H,10-12H2/t15-,19+/m1/s1. The van der Waals surface area contributed by atoms with Gasteiger partial charge in [-0.2, -0.15) is 0 Å². The van der Waals surface area contributed by atoms with Crippen molar-refractivity contribution >= 4 is 22.7 Å². The molecule has 124 valence electrons. The molecule has 2 heterocycles. The smallest absolute Gasteiger partial charge is 0.237 e. The zero-order valence-electron chi connectivity index (χ0n) is 13.7. The highest BCUT2D eigenvalue weighted by atomic mass is 16.2. The maximum absolute atomic E-state index is 13.2. The summed E-state index contributed by atoms with van der Waals surface area (Å²) in [7, 11) is 0. The number of fused-ring (bicyclic) bond motifs is 5. The number of carbonyl (C=O) groups excluding carboxylic acids is 2. The Kier molecular flexibility index (Phi) is 3.07. The van der Waals surface area contributed by atoms with Crippen molar-refractivity contribution in [3.8, 4) is 0 Å². The number of amides is 2. The fourth-order valence-corrected chi connectivity index (χ4v) is 4.40. The summed E-state index contributed by atoms with van der Waals surface area (Å²) in [5.41, 5.74) is 4.20. The highest BCUT2D eigenvalue weighted by Crippen LogP contribution is 2.46. The monoisotopic (exact) mass is 330 g/mol. The Morgan fingerprint density at radius 2 is 1.72 bits per heavy atom. The molecule has 4 nitrogen and oxygen atoms in total. The average Bonchev–Trinajstić information content (AvgIpc) is 3.13. The van der Waals surface area contributed by atoms with E-state index < -0.39 is 0 Å². The summed E-state index contributed by atoms with van der Waals surface area (Å²) < 4.78 is 0. The van der Waals surface area contributed by atoms with E-state index >= 15 is 0 Å². The van der Waals surface area contributed by atoms with Gasteiger partial charge in [0, 0.05) is 16.6 Å². The lowest BCUT2D eigenvalue weighted by Gasteiger charge is -2.21. The van der Waals surface area contributed by atoms with Gasteiger partial charge in [0.2, 0.25) is 11.8 Å². The van der Waals surface area contributed by atoms with Crippen LogP contribution in [0.5, 0.6) is 0 Å². The number of nitrogens with zero attached hydrogens (tertiary/aromatic N) is 1. The van der Waals surface area contributed by atoms with E-state index in [2.05, 4.69) is 4.98 Å². The number of carbonyl (C=O) groups is 2. The van der Waals surface area contributed by atoms with E-state index in [4.69, 9.17) is 0 Å². The zero-order chi connectivity index (χ0) is 17.0. The first kappa shape index (κ1) is 14.5. The first-order valence-electron chi connectivity index (χ1n) is 8.72. The van der Waals surface area contributed by atoms with Gasteiger partial charge in [0.25, 0.3) is 0 Å². The second-order valence-corrected chi connectivity index (χ2v) is 6.93. The van der Waals surface area contributed by atoms with E-state index in [0.29, 0.717) is 6.54 Å². The summed E-state index contributed by atoms with van der Waals surface area (Å²) in [6.45, 7) is 0.364. The Hall–Kier alpha value is -2.88. The first-order chi connectivity index (χ1) is 12.2. The number of hydrogen-bond donors (Lipinski definition) is 1. The number of aromatic nitrogens is 1. The SMILES string of the molecule is O=C1[C@@H]2c3c([nH]c4ccccc34)CC[C@H]2C(=O)N1Cc1ccccc1. The minimum absolute atomic E-state index is 0.0187. The fourth-order valence-electron chi connectivity index (χ4n) is 4.40. The van der Waals surface area contributed by atoms with Crippen LogP contribution in [0.1, 0.15) is 29.2 Å². The molecule has 2 aromatic carbocycles. The van der Waals surface area contributed by atoms with Gasteiger partial charge in [-0.05, 0) is 30.0 Å². The van der Waals surface area contributed by atoms with Crippen molar-refractivity contribution in [3.63, 3.8) is 0 Å². The molecule has 25 heavy (non-hydrogen) atoms.